The molecule has 0 atom stereocenters. The van der Waals surface area contributed by atoms with Crippen LogP contribution >= 0.6 is 0 Å². The van der Waals surface area contributed by atoms with Crippen molar-refractivity contribution in [3.8, 4) is 0 Å². The molecule has 1 aliphatic carbocycles. The van der Waals surface area contributed by atoms with E-state index in [0.29, 0.717) is 31.4 Å². The van der Waals surface area contributed by atoms with Crippen molar-refractivity contribution in [3.63, 3.8) is 0 Å². The van der Waals surface area contributed by atoms with Crippen LogP contribution in [0, 0.1) is 11.6 Å². The second-order valence-electron chi connectivity index (χ2n) is 5.31. The van der Waals surface area contributed by atoms with E-state index < -0.39 is 17.2 Å². The molecule has 1 aromatic rings. The van der Waals surface area contributed by atoms with E-state index in [9.17, 15) is 13.6 Å². The molecule has 5 heteroatoms. The van der Waals surface area contributed by atoms with Crippen LogP contribution in [0.2, 0.25) is 0 Å². The van der Waals surface area contributed by atoms with Gasteiger partial charge in [-0.15, -0.1) is 0 Å². The zero-order valence-electron chi connectivity index (χ0n) is 11.2. The van der Waals surface area contributed by atoms with Gasteiger partial charge in [-0.3, -0.25) is 4.79 Å². The number of rotatable bonds is 5. The molecule has 0 aliphatic heterocycles. The standard InChI is InChI=1S/C14H18F2N2O/c1-18(2)8-5-13(19)17-14(6-7-14)11-4-3-10(15)9-12(11)16/h3-4,9H,5-8H2,1-2H3,(H,17,19). The Labute approximate surface area is 111 Å². The van der Waals surface area contributed by atoms with Crippen LogP contribution in [0.4, 0.5) is 8.78 Å². The minimum atomic E-state index is -0.624. The number of carbonyl (C=O) groups is 1. The van der Waals surface area contributed by atoms with Crippen LogP contribution in [-0.2, 0) is 10.3 Å². The van der Waals surface area contributed by atoms with Gasteiger partial charge < -0.3 is 10.2 Å². The fraction of sp³-hybridized carbons (Fsp3) is 0.500. The van der Waals surface area contributed by atoms with Gasteiger partial charge in [-0.1, -0.05) is 6.07 Å². The molecule has 1 aromatic carbocycles. The fourth-order valence-corrected chi connectivity index (χ4v) is 2.12. The van der Waals surface area contributed by atoms with E-state index in [2.05, 4.69) is 5.32 Å². The van der Waals surface area contributed by atoms with Gasteiger partial charge in [0.05, 0.1) is 5.54 Å². The lowest BCUT2D eigenvalue weighted by molar-refractivity contribution is -0.122. The Morgan fingerprint density at radius 3 is 2.58 bits per heavy atom. The average molecular weight is 268 g/mol. The van der Waals surface area contributed by atoms with Crippen molar-refractivity contribution in [1.29, 1.82) is 0 Å². The van der Waals surface area contributed by atoms with E-state index >= 15 is 0 Å². The van der Waals surface area contributed by atoms with Gasteiger partial charge in [0.1, 0.15) is 11.6 Å². The third-order valence-electron chi connectivity index (χ3n) is 3.36. The third kappa shape index (κ3) is 3.29. The van der Waals surface area contributed by atoms with Crippen molar-refractivity contribution in [2.45, 2.75) is 24.8 Å². The maximum Gasteiger partial charge on any atom is 0.221 e. The van der Waals surface area contributed by atoms with Crippen LogP contribution in [0.25, 0.3) is 0 Å². The summed E-state index contributed by atoms with van der Waals surface area (Å²) >= 11 is 0. The topological polar surface area (TPSA) is 32.3 Å². The summed E-state index contributed by atoms with van der Waals surface area (Å²) in [5.41, 5.74) is -0.242. The molecule has 0 spiro atoms. The maximum atomic E-state index is 13.8. The molecule has 0 bridgehead atoms. The molecule has 1 amide bonds. The van der Waals surface area contributed by atoms with Crippen molar-refractivity contribution in [3.05, 3.63) is 35.4 Å². The lowest BCUT2D eigenvalue weighted by Crippen LogP contribution is -2.36. The summed E-state index contributed by atoms with van der Waals surface area (Å²) in [5, 5.41) is 2.87. The first kappa shape index (κ1) is 13.9. The molecule has 1 saturated carbocycles. The first-order chi connectivity index (χ1) is 8.93. The molecule has 3 nitrogen and oxygen atoms in total. The van der Waals surface area contributed by atoms with E-state index in [0.717, 1.165) is 6.07 Å². The van der Waals surface area contributed by atoms with Gasteiger partial charge in [-0.25, -0.2) is 8.78 Å². The van der Waals surface area contributed by atoms with Gasteiger partial charge in [0.25, 0.3) is 0 Å². The normalized spacial score (nSPS) is 16.5. The summed E-state index contributed by atoms with van der Waals surface area (Å²) in [6.45, 7) is 0.647. The van der Waals surface area contributed by atoms with Crippen molar-refractivity contribution in [2.75, 3.05) is 20.6 Å². The van der Waals surface area contributed by atoms with Gasteiger partial charge in [0.2, 0.25) is 5.91 Å². The van der Waals surface area contributed by atoms with Crippen LogP contribution in [0.5, 0.6) is 0 Å². The Bertz CT molecular complexity index is 484. The summed E-state index contributed by atoms with van der Waals surface area (Å²) in [5.74, 6) is -1.30. The van der Waals surface area contributed by atoms with Gasteiger partial charge in [-0.2, -0.15) is 0 Å². The Hall–Kier alpha value is -1.49. The molecule has 0 saturated heterocycles. The van der Waals surface area contributed by atoms with Crippen LogP contribution < -0.4 is 5.32 Å². The maximum absolute atomic E-state index is 13.8. The van der Waals surface area contributed by atoms with E-state index in [1.54, 1.807) is 0 Å². The summed E-state index contributed by atoms with van der Waals surface area (Å²) < 4.78 is 26.6. The lowest BCUT2D eigenvalue weighted by atomic mass is 10.0. The average Bonchev–Trinajstić information content (AvgIpc) is 3.07. The molecule has 2 rings (SSSR count). The van der Waals surface area contributed by atoms with Crippen molar-refractivity contribution >= 4 is 5.91 Å². The van der Waals surface area contributed by atoms with E-state index in [-0.39, 0.29) is 5.91 Å². The molecule has 19 heavy (non-hydrogen) atoms. The molecule has 1 fully saturated rings. The molecule has 0 heterocycles. The van der Waals surface area contributed by atoms with Crippen molar-refractivity contribution in [2.24, 2.45) is 0 Å². The van der Waals surface area contributed by atoms with E-state index in [1.165, 1.54) is 12.1 Å². The second-order valence-corrected chi connectivity index (χ2v) is 5.31. The number of carbonyl (C=O) groups excluding carboxylic acids is 1. The SMILES string of the molecule is CN(C)CCC(=O)NC1(c2ccc(F)cc2F)CC1. The zero-order valence-corrected chi connectivity index (χ0v) is 11.2. The predicted molar refractivity (Wildman–Crippen MR) is 68.6 cm³/mol. The Balaban J connectivity index is 2.05. The zero-order chi connectivity index (χ0) is 14.0. The summed E-state index contributed by atoms with van der Waals surface area (Å²) in [6.07, 6.45) is 1.77. The lowest BCUT2D eigenvalue weighted by Gasteiger charge is -2.19. The first-order valence-corrected chi connectivity index (χ1v) is 6.34. The molecular formula is C14H18F2N2O. The first-order valence-electron chi connectivity index (χ1n) is 6.34. The van der Waals surface area contributed by atoms with Crippen LogP contribution in [0.3, 0.4) is 0 Å². The second kappa shape index (κ2) is 5.25. The highest BCUT2D eigenvalue weighted by Crippen LogP contribution is 2.46. The summed E-state index contributed by atoms with van der Waals surface area (Å²) in [7, 11) is 3.78. The van der Waals surface area contributed by atoms with E-state index in [4.69, 9.17) is 0 Å². The number of hydrogen-bond donors (Lipinski definition) is 1. The number of nitrogens with zero attached hydrogens (tertiary/aromatic N) is 1. The van der Waals surface area contributed by atoms with Gasteiger partial charge in [0.15, 0.2) is 0 Å². The molecule has 104 valence electrons. The number of nitrogens with one attached hydrogen (secondary N) is 1. The van der Waals surface area contributed by atoms with Crippen LogP contribution in [-0.4, -0.2) is 31.4 Å². The molecule has 1 N–H and O–H groups in total. The monoisotopic (exact) mass is 268 g/mol. The number of hydrogen-bond acceptors (Lipinski definition) is 2. The third-order valence-corrected chi connectivity index (χ3v) is 3.36. The highest BCUT2D eigenvalue weighted by atomic mass is 19.1. The largest absolute Gasteiger partial charge is 0.346 e. The highest BCUT2D eigenvalue weighted by molar-refractivity contribution is 5.77. The van der Waals surface area contributed by atoms with Crippen LogP contribution in [0.1, 0.15) is 24.8 Å². The van der Waals surface area contributed by atoms with Crippen molar-refractivity contribution < 1.29 is 13.6 Å². The van der Waals surface area contributed by atoms with Crippen LogP contribution in [0.15, 0.2) is 18.2 Å². The Morgan fingerprint density at radius 2 is 2.05 bits per heavy atom. The summed E-state index contributed by atoms with van der Waals surface area (Å²) in [6, 6.07) is 3.51. The van der Waals surface area contributed by atoms with E-state index in [1.807, 2.05) is 19.0 Å². The Morgan fingerprint density at radius 1 is 1.37 bits per heavy atom. The van der Waals surface area contributed by atoms with Gasteiger partial charge in [-0.05, 0) is 33.0 Å². The molecular weight excluding hydrogens is 250 g/mol. The molecule has 0 aromatic heterocycles. The quantitative estimate of drug-likeness (QED) is 0.886. The molecule has 0 radical (unpaired) electrons. The minimum absolute atomic E-state index is 0.102. The van der Waals surface area contributed by atoms with Gasteiger partial charge in [0, 0.05) is 24.6 Å². The predicted octanol–water partition coefficient (Wildman–Crippen LogP) is 2.02. The summed E-state index contributed by atoms with van der Waals surface area (Å²) in [4.78, 5) is 13.7. The molecule has 0 unspecified atom stereocenters. The molecule has 1 aliphatic rings. The Kier molecular flexibility index (Phi) is 3.85. The number of benzene rings is 1. The van der Waals surface area contributed by atoms with Gasteiger partial charge >= 0.3 is 0 Å². The van der Waals surface area contributed by atoms with Crippen molar-refractivity contribution in [1.82, 2.24) is 10.2 Å². The minimum Gasteiger partial charge on any atom is -0.346 e. The number of amides is 1. The smallest absolute Gasteiger partial charge is 0.221 e. The fourth-order valence-electron chi connectivity index (χ4n) is 2.12. The highest BCUT2D eigenvalue weighted by Gasteiger charge is 2.47. The number of halogens is 2.